The van der Waals surface area contributed by atoms with Crippen molar-refractivity contribution in [3.05, 3.63) is 60.8 Å². The monoisotopic (exact) mass is 1030 g/mol. The topological polar surface area (TPSA) is 134 Å². The Hall–Kier alpha value is -2.29. The average Bonchev–Trinajstić information content (AvgIpc) is 3.37. The third kappa shape index (κ3) is 57.0. The van der Waals surface area contributed by atoms with Crippen molar-refractivity contribution < 1.29 is 37.6 Å². The lowest BCUT2D eigenvalue weighted by molar-refractivity contribution is -0.161. The number of rotatable bonds is 57. The van der Waals surface area contributed by atoms with E-state index in [4.69, 9.17) is 24.3 Å². The van der Waals surface area contributed by atoms with Crippen LogP contribution in [0.1, 0.15) is 290 Å². The van der Waals surface area contributed by atoms with Crippen molar-refractivity contribution in [1.29, 1.82) is 0 Å². The van der Waals surface area contributed by atoms with E-state index in [1.165, 1.54) is 186 Å². The number of hydrogen-bond acceptors (Lipinski definition) is 8. The zero-order valence-electron chi connectivity index (χ0n) is 46.9. The van der Waals surface area contributed by atoms with Crippen molar-refractivity contribution in [3.63, 3.8) is 0 Å². The van der Waals surface area contributed by atoms with Crippen LogP contribution in [-0.2, 0) is 32.7 Å². The molecule has 0 aromatic heterocycles. The first-order valence-corrected chi connectivity index (χ1v) is 31.8. The molecule has 0 aliphatic rings. The first kappa shape index (κ1) is 69.7. The fourth-order valence-electron chi connectivity index (χ4n) is 8.72. The molecule has 10 heteroatoms. The molecule has 0 radical (unpaired) electrons. The van der Waals surface area contributed by atoms with Crippen molar-refractivity contribution in [2.24, 2.45) is 5.73 Å². The van der Waals surface area contributed by atoms with E-state index in [9.17, 15) is 19.0 Å². The minimum atomic E-state index is -4.39. The summed E-state index contributed by atoms with van der Waals surface area (Å²) in [6.07, 6.45) is 72.8. The highest BCUT2D eigenvalue weighted by atomic mass is 31.2. The van der Waals surface area contributed by atoms with Gasteiger partial charge in [-0.05, 0) is 57.8 Å². The first-order valence-electron chi connectivity index (χ1n) is 30.3. The maximum absolute atomic E-state index is 12.7. The summed E-state index contributed by atoms with van der Waals surface area (Å²) in [6, 6.07) is 0. The number of allylic oxidation sites excluding steroid dienone is 10. The van der Waals surface area contributed by atoms with E-state index in [1.807, 2.05) is 0 Å². The van der Waals surface area contributed by atoms with Gasteiger partial charge in [0.25, 0.3) is 0 Å². The Kier molecular flexibility index (Phi) is 56.1. The zero-order valence-corrected chi connectivity index (χ0v) is 47.8. The first-order chi connectivity index (χ1) is 35.3. The highest BCUT2D eigenvalue weighted by Gasteiger charge is 2.26. The van der Waals surface area contributed by atoms with Gasteiger partial charge in [-0.2, -0.15) is 0 Å². The van der Waals surface area contributed by atoms with Crippen LogP contribution in [0.2, 0.25) is 0 Å². The van der Waals surface area contributed by atoms with Gasteiger partial charge in [0.2, 0.25) is 0 Å². The van der Waals surface area contributed by atoms with Crippen molar-refractivity contribution in [2.75, 3.05) is 26.4 Å². The van der Waals surface area contributed by atoms with Gasteiger partial charge in [0.05, 0.1) is 13.2 Å². The van der Waals surface area contributed by atoms with Gasteiger partial charge in [-0.3, -0.25) is 18.6 Å². The third-order valence-corrected chi connectivity index (χ3v) is 14.2. The number of unbranched alkanes of at least 4 members (excludes halogenated alkanes) is 34. The maximum atomic E-state index is 12.7. The Morgan fingerprint density at radius 3 is 1.14 bits per heavy atom. The van der Waals surface area contributed by atoms with E-state index in [-0.39, 0.29) is 38.6 Å². The standard InChI is InChI=1S/C62H114NO8P/c1-3-5-7-9-11-13-15-17-19-21-23-25-27-28-29-30-31-32-33-35-37-39-41-43-45-47-49-51-53-55-62(65)71-60(59-70-72(66,67)69-57-56-63)58-68-61(64)54-52-50-48-46-44-42-40-38-36-34-26-24-22-20-18-16-14-12-10-8-6-4-2/h5,7,11,13,17,19,23,25,28-29,60H,3-4,6,8-10,12,14-16,18,20-22,24,26-27,30-59,63H2,1-2H3,(H,66,67)/b7-5-,13-11-,19-17-,25-23-,29-28-. The van der Waals surface area contributed by atoms with Crippen LogP contribution in [0.4, 0.5) is 0 Å². The largest absolute Gasteiger partial charge is 0.472 e. The molecule has 420 valence electrons. The van der Waals surface area contributed by atoms with Crippen molar-refractivity contribution >= 4 is 19.8 Å². The quantitative estimate of drug-likeness (QED) is 0.0264. The van der Waals surface area contributed by atoms with Crippen LogP contribution in [0.25, 0.3) is 0 Å². The number of hydrogen-bond donors (Lipinski definition) is 2. The lowest BCUT2D eigenvalue weighted by atomic mass is 10.0. The molecule has 0 saturated heterocycles. The Balaban J connectivity index is 3.93. The van der Waals surface area contributed by atoms with Gasteiger partial charge in [0.1, 0.15) is 6.61 Å². The van der Waals surface area contributed by atoms with E-state index in [0.717, 1.165) is 70.6 Å². The molecule has 72 heavy (non-hydrogen) atoms. The summed E-state index contributed by atoms with van der Waals surface area (Å²) in [7, 11) is -4.39. The molecule has 0 aliphatic heterocycles. The molecule has 0 amide bonds. The summed E-state index contributed by atoms with van der Waals surface area (Å²) in [5, 5.41) is 0. The summed E-state index contributed by atoms with van der Waals surface area (Å²) < 4.78 is 33.1. The van der Waals surface area contributed by atoms with E-state index >= 15 is 0 Å². The Morgan fingerprint density at radius 1 is 0.431 bits per heavy atom. The molecule has 0 spiro atoms. The minimum Gasteiger partial charge on any atom is -0.462 e. The maximum Gasteiger partial charge on any atom is 0.472 e. The number of carbonyl (C=O) groups is 2. The smallest absolute Gasteiger partial charge is 0.462 e. The molecule has 3 N–H and O–H groups in total. The second-order valence-electron chi connectivity index (χ2n) is 20.2. The van der Waals surface area contributed by atoms with E-state index in [1.54, 1.807) is 0 Å². The highest BCUT2D eigenvalue weighted by molar-refractivity contribution is 7.47. The molecule has 2 unspecified atom stereocenters. The van der Waals surface area contributed by atoms with Crippen LogP contribution >= 0.6 is 7.82 Å². The van der Waals surface area contributed by atoms with Gasteiger partial charge in [-0.15, -0.1) is 0 Å². The molecule has 0 aliphatic carbocycles. The van der Waals surface area contributed by atoms with E-state index in [0.29, 0.717) is 6.42 Å². The lowest BCUT2D eigenvalue weighted by Gasteiger charge is -2.19. The molecular weight excluding hydrogens is 918 g/mol. The lowest BCUT2D eigenvalue weighted by Crippen LogP contribution is -2.29. The highest BCUT2D eigenvalue weighted by Crippen LogP contribution is 2.43. The number of phosphoric acid groups is 1. The molecule has 9 nitrogen and oxygen atoms in total. The SMILES string of the molecule is CC/C=C\C/C=C\C/C=C\C/C=C\C/C=C\CCCCCCCCCCCCCCCC(=O)OC(COC(=O)CCCCCCCCCCCCCCCCCCCCCCCC)COP(=O)(O)OCCN. The second kappa shape index (κ2) is 58.0. The van der Waals surface area contributed by atoms with Gasteiger partial charge in [-0.1, -0.05) is 280 Å². The summed E-state index contributed by atoms with van der Waals surface area (Å²) in [5.41, 5.74) is 5.39. The summed E-state index contributed by atoms with van der Waals surface area (Å²) in [5.74, 6) is -0.816. The fourth-order valence-corrected chi connectivity index (χ4v) is 9.49. The van der Waals surface area contributed by atoms with Crippen LogP contribution in [-0.4, -0.2) is 49.3 Å². The molecule has 0 rings (SSSR count). The number of carbonyl (C=O) groups excluding carboxylic acids is 2. The number of phosphoric ester groups is 1. The zero-order chi connectivity index (χ0) is 52.4. The van der Waals surface area contributed by atoms with Crippen LogP contribution in [0.15, 0.2) is 60.8 Å². The molecule has 0 heterocycles. The minimum absolute atomic E-state index is 0.0534. The molecule has 0 fully saturated rings. The summed E-state index contributed by atoms with van der Waals surface area (Å²) in [4.78, 5) is 35.2. The van der Waals surface area contributed by atoms with E-state index in [2.05, 4.69) is 74.6 Å². The van der Waals surface area contributed by atoms with Gasteiger partial charge in [0, 0.05) is 19.4 Å². The van der Waals surface area contributed by atoms with Crippen LogP contribution in [0.3, 0.4) is 0 Å². The number of esters is 2. The average molecular weight is 1030 g/mol. The number of nitrogens with two attached hydrogens (primary N) is 1. The summed E-state index contributed by atoms with van der Waals surface area (Å²) in [6.45, 7) is 3.68. The van der Waals surface area contributed by atoms with Gasteiger partial charge in [-0.25, -0.2) is 4.57 Å². The number of ether oxygens (including phenoxy) is 2. The van der Waals surface area contributed by atoms with E-state index < -0.39 is 26.5 Å². The molecule has 0 saturated carbocycles. The molecule has 0 aromatic carbocycles. The Morgan fingerprint density at radius 2 is 0.764 bits per heavy atom. The van der Waals surface area contributed by atoms with Crippen molar-refractivity contribution in [2.45, 2.75) is 296 Å². The normalized spacial score (nSPS) is 13.4. The van der Waals surface area contributed by atoms with Gasteiger partial charge >= 0.3 is 19.8 Å². The van der Waals surface area contributed by atoms with Crippen molar-refractivity contribution in [3.8, 4) is 0 Å². The van der Waals surface area contributed by atoms with Crippen molar-refractivity contribution in [1.82, 2.24) is 0 Å². The molecule has 0 bridgehead atoms. The van der Waals surface area contributed by atoms with Gasteiger partial charge in [0.15, 0.2) is 6.10 Å². The Labute approximate surface area is 444 Å². The van der Waals surface area contributed by atoms with Crippen LogP contribution < -0.4 is 5.73 Å². The Bertz CT molecular complexity index is 1360. The predicted octanol–water partition coefficient (Wildman–Crippen LogP) is 19.1. The fraction of sp³-hybridized carbons (Fsp3) is 0.806. The third-order valence-electron chi connectivity index (χ3n) is 13.2. The molecule has 0 aromatic rings. The van der Waals surface area contributed by atoms with Gasteiger partial charge < -0.3 is 20.1 Å². The second-order valence-corrected chi connectivity index (χ2v) is 21.7. The van der Waals surface area contributed by atoms with Crippen LogP contribution in [0, 0.1) is 0 Å². The predicted molar refractivity (Wildman–Crippen MR) is 307 cm³/mol. The molecule has 2 atom stereocenters. The van der Waals surface area contributed by atoms with Crippen LogP contribution in [0.5, 0.6) is 0 Å². The molecular formula is C62H114NO8P. The summed E-state index contributed by atoms with van der Waals surface area (Å²) >= 11 is 0.